The Bertz CT molecular complexity index is 1370. The first-order valence-electron chi connectivity index (χ1n) is 11.1. The lowest BCUT2D eigenvalue weighted by molar-refractivity contribution is 0.104. The molecule has 3 aromatic rings. The van der Waals surface area contributed by atoms with Crippen molar-refractivity contribution in [1.82, 2.24) is 5.32 Å². The Morgan fingerprint density at radius 1 is 1.11 bits per heavy atom. The van der Waals surface area contributed by atoms with Gasteiger partial charge in [-0.1, -0.05) is 30.3 Å². The lowest BCUT2D eigenvalue weighted by atomic mass is 10.0. The van der Waals surface area contributed by atoms with E-state index >= 15 is 0 Å². The lowest BCUT2D eigenvalue weighted by Crippen LogP contribution is -2.58. The Balaban J connectivity index is 1.61. The minimum atomic E-state index is -4.37. The fraction of sp³-hybridized carbons (Fsp3) is 0.240. The number of carbonyl (C=O) groups excluding carboxylic acids is 1. The molecule has 1 aliphatic heterocycles. The maximum absolute atomic E-state index is 13.9. The molecule has 3 atom stereocenters. The van der Waals surface area contributed by atoms with E-state index in [0.717, 1.165) is 22.0 Å². The van der Waals surface area contributed by atoms with Crippen LogP contribution in [0.4, 0.5) is 25.0 Å². The van der Waals surface area contributed by atoms with Crippen molar-refractivity contribution in [3.8, 4) is 5.75 Å². The number of halogens is 2. The van der Waals surface area contributed by atoms with Crippen LogP contribution in [0.2, 0.25) is 0 Å². The van der Waals surface area contributed by atoms with Gasteiger partial charge in [-0.05, 0) is 55.8 Å². The van der Waals surface area contributed by atoms with Crippen LogP contribution in [-0.4, -0.2) is 32.7 Å². The first kappa shape index (κ1) is 25.2. The third-order valence-electron chi connectivity index (χ3n) is 5.83. The van der Waals surface area contributed by atoms with Crippen LogP contribution >= 0.6 is 0 Å². The number of nitrogens with one attached hydrogen (secondary N) is 1. The molecule has 1 amide bonds. The van der Waals surface area contributed by atoms with E-state index in [1.165, 1.54) is 12.1 Å². The summed E-state index contributed by atoms with van der Waals surface area (Å²) in [4.78, 5) is 12.0. The number of benzene rings is 3. The van der Waals surface area contributed by atoms with Crippen LogP contribution in [0.1, 0.15) is 19.4 Å². The molecule has 3 N–H and O–H groups in total. The molecule has 190 valence electrons. The van der Waals surface area contributed by atoms with Gasteiger partial charge in [-0.25, -0.2) is 22.0 Å². The van der Waals surface area contributed by atoms with E-state index in [9.17, 15) is 22.0 Å². The molecule has 4 rings (SSSR count). The number of amides is 1. The second-order valence-corrected chi connectivity index (χ2v) is 10.2. The molecular weight excluding hydrogens is 492 g/mol. The highest BCUT2D eigenvalue weighted by Crippen LogP contribution is 2.41. The van der Waals surface area contributed by atoms with E-state index in [4.69, 9.17) is 15.2 Å². The molecule has 1 heterocycles. The second kappa shape index (κ2) is 10.0. The van der Waals surface area contributed by atoms with Crippen molar-refractivity contribution in [2.24, 2.45) is 0 Å². The van der Waals surface area contributed by atoms with Gasteiger partial charge >= 0.3 is 6.09 Å². The standard InChI is InChI=1S/C25H25F2N3O5S/c1-15(29-25(31)34-14-17-6-4-3-5-7-17)24-16(2)30(22-12-18(28)8-11-23(22)35-24)36(32,33)19-9-10-20(26)21(27)13-19/h3-13,15-16,24H,14,28H2,1-2H3,(H,29,31)/t15-,16+,24-/m0/s1. The number of fused-ring (bicyclic) bond motifs is 1. The molecule has 0 spiro atoms. The van der Waals surface area contributed by atoms with E-state index in [2.05, 4.69) is 5.32 Å². The number of nitrogens with zero attached hydrogens (tertiary/aromatic N) is 1. The molecule has 0 bridgehead atoms. The van der Waals surface area contributed by atoms with Gasteiger partial charge < -0.3 is 20.5 Å². The maximum atomic E-state index is 13.9. The summed E-state index contributed by atoms with van der Waals surface area (Å²) in [7, 11) is -4.37. The van der Waals surface area contributed by atoms with Crippen LogP contribution in [0.5, 0.6) is 5.75 Å². The van der Waals surface area contributed by atoms with Crippen LogP contribution in [0.3, 0.4) is 0 Å². The molecule has 3 aromatic carbocycles. The summed E-state index contributed by atoms with van der Waals surface area (Å²) in [5.74, 6) is -2.26. The minimum absolute atomic E-state index is 0.0548. The summed E-state index contributed by atoms with van der Waals surface area (Å²) in [5, 5.41) is 2.68. The van der Waals surface area contributed by atoms with E-state index in [1.807, 2.05) is 30.3 Å². The Hall–Kier alpha value is -3.86. The predicted molar refractivity (Wildman–Crippen MR) is 130 cm³/mol. The quantitative estimate of drug-likeness (QED) is 0.474. The van der Waals surface area contributed by atoms with Gasteiger partial charge in [0.05, 0.1) is 22.7 Å². The molecule has 36 heavy (non-hydrogen) atoms. The number of nitrogens with two attached hydrogens (primary N) is 1. The highest BCUT2D eigenvalue weighted by atomic mass is 32.2. The first-order valence-corrected chi connectivity index (χ1v) is 12.5. The number of nitrogen functional groups attached to an aromatic ring is 1. The number of ether oxygens (including phenoxy) is 2. The normalized spacial score (nSPS) is 18.1. The van der Waals surface area contributed by atoms with Gasteiger partial charge in [0.15, 0.2) is 11.6 Å². The Morgan fingerprint density at radius 2 is 1.83 bits per heavy atom. The fourth-order valence-corrected chi connectivity index (χ4v) is 5.73. The summed E-state index contributed by atoms with van der Waals surface area (Å²) in [6, 6.07) is 14.4. The number of hydrogen-bond donors (Lipinski definition) is 2. The second-order valence-electron chi connectivity index (χ2n) is 8.42. The Morgan fingerprint density at radius 3 is 2.53 bits per heavy atom. The summed E-state index contributed by atoms with van der Waals surface area (Å²) in [6.07, 6.45) is -1.56. The number of anilines is 2. The average Bonchev–Trinajstić information content (AvgIpc) is 2.84. The summed E-state index contributed by atoms with van der Waals surface area (Å²) < 4.78 is 67.0. The van der Waals surface area contributed by atoms with Crippen LogP contribution in [0.25, 0.3) is 0 Å². The largest absolute Gasteiger partial charge is 0.484 e. The monoisotopic (exact) mass is 517 g/mol. The summed E-state index contributed by atoms with van der Waals surface area (Å²) in [6.45, 7) is 3.29. The third-order valence-corrected chi connectivity index (χ3v) is 7.72. The number of alkyl carbamates (subject to hydrolysis) is 1. The smallest absolute Gasteiger partial charge is 0.407 e. The van der Waals surface area contributed by atoms with Crippen LogP contribution in [0.15, 0.2) is 71.6 Å². The van der Waals surface area contributed by atoms with Crippen LogP contribution in [-0.2, 0) is 21.4 Å². The molecule has 0 fully saturated rings. The summed E-state index contributed by atoms with van der Waals surface area (Å²) in [5.41, 5.74) is 7.12. The molecule has 0 unspecified atom stereocenters. The number of carbonyl (C=O) groups is 1. The maximum Gasteiger partial charge on any atom is 0.407 e. The molecule has 0 saturated heterocycles. The Kier molecular flexibility index (Phi) is 7.02. The predicted octanol–water partition coefficient (Wildman–Crippen LogP) is 4.21. The van der Waals surface area contributed by atoms with Crippen molar-refractivity contribution in [3.05, 3.63) is 83.9 Å². The van der Waals surface area contributed by atoms with E-state index < -0.39 is 50.8 Å². The molecular formula is C25H25F2N3O5S. The van der Waals surface area contributed by atoms with Gasteiger partial charge in [0.2, 0.25) is 0 Å². The molecule has 0 radical (unpaired) electrons. The van der Waals surface area contributed by atoms with Crippen molar-refractivity contribution in [2.45, 2.75) is 43.5 Å². The highest BCUT2D eigenvalue weighted by Gasteiger charge is 2.43. The topological polar surface area (TPSA) is 111 Å². The molecule has 0 aromatic heterocycles. The molecule has 0 saturated carbocycles. The SMILES string of the molecule is C[C@H](NC(=O)OCc1ccccc1)[C@@H]1Oc2ccc(N)cc2N(S(=O)(=O)c2ccc(F)c(F)c2)[C@@H]1C. The first-order chi connectivity index (χ1) is 17.1. The van der Waals surface area contributed by atoms with E-state index in [0.29, 0.717) is 6.07 Å². The van der Waals surface area contributed by atoms with Crippen LogP contribution in [0, 0.1) is 11.6 Å². The average molecular weight is 518 g/mol. The van der Waals surface area contributed by atoms with Crippen molar-refractivity contribution in [1.29, 1.82) is 0 Å². The lowest BCUT2D eigenvalue weighted by Gasteiger charge is -2.43. The van der Waals surface area contributed by atoms with Crippen molar-refractivity contribution in [3.63, 3.8) is 0 Å². The molecule has 8 nitrogen and oxygen atoms in total. The zero-order chi connectivity index (χ0) is 26.0. The van der Waals surface area contributed by atoms with Gasteiger partial charge in [0, 0.05) is 5.69 Å². The number of hydrogen-bond acceptors (Lipinski definition) is 6. The number of rotatable bonds is 6. The van der Waals surface area contributed by atoms with Crippen molar-refractivity contribution in [2.75, 3.05) is 10.0 Å². The van der Waals surface area contributed by atoms with Gasteiger partial charge in [-0.3, -0.25) is 4.31 Å². The van der Waals surface area contributed by atoms with Gasteiger partial charge in [-0.15, -0.1) is 0 Å². The molecule has 11 heteroatoms. The summed E-state index contributed by atoms with van der Waals surface area (Å²) >= 11 is 0. The van der Waals surface area contributed by atoms with Gasteiger partial charge in [-0.2, -0.15) is 0 Å². The van der Waals surface area contributed by atoms with Crippen LogP contribution < -0.4 is 20.1 Å². The zero-order valence-corrected chi connectivity index (χ0v) is 20.3. The zero-order valence-electron chi connectivity index (χ0n) is 19.5. The minimum Gasteiger partial charge on any atom is -0.484 e. The highest BCUT2D eigenvalue weighted by molar-refractivity contribution is 7.92. The third kappa shape index (κ3) is 5.06. The molecule has 0 aliphatic carbocycles. The van der Waals surface area contributed by atoms with Crippen molar-refractivity contribution < 1.29 is 31.5 Å². The van der Waals surface area contributed by atoms with E-state index in [1.54, 1.807) is 19.9 Å². The number of sulfonamides is 1. The van der Waals surface area contributed by atoms with Crippen molar-refractivity contribution >= 4 is 27.5 Å². The Labute approximate surface area is 207 Å². The fourth-order valence-electron chi connectivity index (χ4n) is 4.06. The molecule has 1 aliphatic rings. The van der Waals surface area contributed by atoms with Gasteiger partial charge in [0.25, 0.3) is 10.0 Å². The van der Waals surface area contributed by atoms with E-state index in [-0.39, 0.29) is 23.7 Å². The van der Waals surface area contributed by atoms with Gasteiger partial charge in [0.1, 0.15) is 18.5 Å².